The van der Waals surface area contributed by atoms with E-state index in [1.54, 1.807) is 24.3 Å². The number of H-pyrrole nitrogens is 1. The number of fused-ring (bicyclic) bond motifs is 1. The van der Waals surface area contributed by atoms with Gasteiger partial charge < -0.3 is 15.4 Å². The molecule has 3 aromatic rings. The van der Waals surface area contributed by atoms with Crippen LogP contribution < -0.4 is 5.32 Å². The number of nitrogens with zero attached hydrogens (tertiary/aromatic N) is 3. The van der Waals surface area contributed by atoms with E-state index >= 15 is 0 Å². The number of benzene rings is 1. The monoisotopic (exact) mass is 311 g/mol. The summed E-state index contributed by atoms with van der Waals surface area (Å²) >= 11 is 0. The van der Waals surface area contributed by atoms with Gasteiger partial charge in [0.25, 0.3) is 5.91 Å². The Kier molecular flexibility index (Phi) is 3.96. The highest BCUT2D eigenvalue weighted by Crippen LogP contribution is 2.18. The Hall–Kier alpha value is -3.29. The number of carbonyl (C=O) groups is 2. The first kappa shape index (κ1) is 14.6. The summed E-state index contributed by atoms with van der Waals surface area (Å²) in [4.78, 5) is 38.2. The summed E-state index contributed by atoms with van der Waals surface area (Å²) in [5.41, 5.74) is 1.61. The average Bonchev–Trinajstić information content (AvgIpc) is 3.03. The van der Waals surface area contributed by atoms with Crippen molar-refractivity contribution in [1.29, 1.82) is 0 Å². The van der Waals surface area contributed by atoms with E-state index in [0.29, 0.717) is 16.7 Å². The maximum atomic E-state index is 12.5. The molecule has 1 atom stereocenters. The highest BCUT2D eigenvalue weighted by atomic mass is 16.4. The molecule has 0 fully saturated rings. The zero-order chi connectivity index (χ0) is 16.2. The number of carbonyl (C=O) groups excluding carboxylic acids is 1. The number of aromatic nitrogens is 4. The standard InChI is InChI=1S/C15H13N5O3/c21-11(22)6-10(9-4-2-1-3-5-9)20-15(23)13-12-14(18-7-16-12)19-8-17-13/h1-5,7-8,10H,6H2,(H,20,23)(H,21,22)(H,16,17,18,19)/t10-/m0/s1. The third kappa shape index (κ3) is 3.15. The first-order valence-corrected chi connectivity index (χ1v) is 6.87. The van der Waals surface area contributed by atoms with Crippen LogP contribution in [-0.4, -0.2) is 36.9 Å². The van der Waals surface area contributed by atoms with Gasteiger partial charge in [-0.15, -0.1) is 0 Å². The molecule has 0 aliphatic carbocycles. The van der Waals surface area contributed by atoms with Crippen LogP contribution in [0.25, 0.3) is 11.2 Å². The second kappa shape index (κ2) is 6.22. The van der Waals surface area contributed by atoms with Crippen molar-refractivity contribution >= 4 is 23.0 Å². The highest BCUT2D eigenvalue weighted by Gasteiger charge is 2.21. The van der Waals surface area contributed by atoms with Gasteiger partial charge in [-0.25, -0.2) is 15.0 Å². The summed E-state index contributed by atoms with van der Waals surface area (Å²) in [6, 6.07) is 8.26. The quantitative estimate of drug-likeness (QED) is 0.653. The molecule has 1 amide bonds. The van der Waals surface area contributed by atoms with Gasteiger partial charge in [0.2, 0.25) is 0 Å². The van der Waals surface area contributed by atoms with Gasteiger partial charge in [-0.05, 0) is 5.56 Å². The van der Waals surface area contributed by atoms with Gasteiger partial charge in [-0.3, -0.25) is 9.59 Å². The first-order chi connectivity index (χ1) is 11.1. The molecule has 8 nitrogen and oxygen atoms in total. The summed E-state index contributed by atoms with van der Waals surface area (Å²) in [5.74, 6) is -1.50. The summed E-state index contributed by atoms with van der Waals surface area (Å²) in [7, 11) is 0. The lowest BCUT2D eigenvalue weighted by molar-refractivity contribution is -0.137. The zero-order valence-electron chi connectivity index (χ0n) is 11.9. The summed E-state index contributed by atoms with van der Waals surface area (Å²) in [5, 5.41) is 11.8. The smallest absolute Gasteiger partial charge is 0.305 e. The van der Waals surface area contributed by atoms with Gasteiger partial charge in [0.15, 0.2) is 11.3 Å². The Morgan fingerprint density at radius 3 is 2.70 bits per heavy atom. The number of hydrogen-bond acceptors (Lipinski definition) is 5. The Bertz CT molecular complexity index is 846. The van der Waals surface area contributed by atoms with Crippen LogP contribution >= 0.6 is 0 Å². The minimum Gasteiger partial charge on any atom is -0.481 e. The van der Waals surface area contributed by atoms with E-state index in [-0.39, 0.29) is 12.1 Å². The number of amides is 1. The van der Waals surface area contributed by atoms with Crippen LogP contribution in [0.2, 0.25) is 0 Å². The topological polar surface area (TPSA) is 121 Å². The molecule has 2 aromatic heterocycles. The number of aromatic amines is 1. The average molecular weight is 311 g/mol. The Morgan fingerprint density at radius 1 is 1.17 bits per heavy atom. The van der Waals surface area contributed by atoms with E-state index in [1.807, 2.05) is 6.07 Å². The fourth-order valence-electron chi connectivity index (χ4n) is 2.28. The summed E-state index contributed by atoms with van der Waals surface area (Å²) in [6.07, 6.45) is 2.43. The maximum absolute atomic E-state index is 12.5. The van der Waals surface area contributed by atoms with Crippen molar-refractivity contribution in [1.82, 2.24) is 25.3 Å². The second-order valence-electron chi connectivity index (χ2n) is 4.86. The van der Waals surface area contributed by atoms with Gasteiger partial charge in [0.1, 0.15) is 11.8 Å². The number of carboxylic acids is 1. The number of rotatable bonds is 5. The van der Waals surface area contributed by atoms with Gasteiger partial charge in [-0.1, -0.05) is 30.3 Å². The number of hydrogen-bond donors (Lipinski definition) is 3. The number of aliphatic carboxylic acids is 1. The Morgan fingerprint density at radius 2 is 1.96 bits per heavy atom. The van der Waals surface area contributed by atoms with Gasteiger partial charge in [-0.2, -0.15) is 0 Å². The van der Waals surface area contributed by atoms with E-state index in [9.17, 15) is 9.59 Å². The molecule has 0 saturated heterocycles. The molecule has 0 aliphatic heterocycles. The summed E-state index contributed by atoms with van der Waals surface area (Å²) < 4.78 is 0. The Balaban J connectivity index is 1.89. The number of imidazole rings is 1. The third-order valence-corrected chi connectivity index (χ3v) is 3.32. The molecule has 3 rings (SSSR count). The van der Waals surface area contributed by atoms with Crippen LogP contribution in [0.4, 0.5) is 0 Å². The van der Waals surface area contributed by atoms with E-state index in [2.05, 4.69) is 25.3 Å². The number of nitrogens with one attached hydrogen (secondary N) is 2. The number of carboxylic acid groups (broad SMARTS) is 1. The highest BCUT2D eigenvalue weighted by molar-refractivity contribution is 6.02. The third-order valence-electron chi connectivity index (χ3n) is 3.32. The van der Waals surface area contributed by atoms with Crippen LogP contribution in [0.1, 0.15) is 28.5 Å². The first-order valence-electron chi connectivity index (χ1n) is 6.87. The largest absolute Gasteiger partial charge is 0.481 e. The van der Waals surface area contributed by atoms with Crippen molar-refractivity contribution in [3.05, 3.63) is 54.2 Å². The van der Waals surface area contributed by atoms with Crippen molar-refractivity contribution in [2.45, 2.75) is 12.5 Å². The SMILES string of the molecule is O=C(O)C[C@H](NC(=O)c1ncnc2nc[nH]c12)c1ccccc1. The van der Waals surface area contributed by atoms with Crippen molar-refractivity contribution < 1.29 is 14.7 Å². The van der Waals surface area contributed by atoms with Crippen LogP contribution in [-0.2, 0) is 4.79 Å². The van der Waals surface area contributed by atoms with Gasteiger partial charge >= 0.3 is 5.97 Å². The normalized spacial score (nSPS) is 12.0. The second-order valence-corrected chi connectivity index (χ2v) is 4.86. The molecule has 116 valence electrons. The molecule has 8 heteroatoms. The van der Waals surface area contributed by atoms with Crippen molar-refractivity contribution in [3.8, 4) is 0 Å². The van der Waals surface area contributed by atoms with Crippen LogP contribution in [0.3, 0.4) is 0 Å². The lowest BCUT2D eigenvalue weighted by atomic mass is 10.0. The molecule has 0 radical (unpaired) electrons. The van der Waals surface area contributed by atoms with Crippen molar-refractivity contribution in [2.75, 3.05) is 0 Å². The van der Waals surface area contributed by atoms with Gasteiger partial charge in [0, 0.05) is 0 Å². The van der Waals surface area contributed by atoms with E-state index in [4.69, 9.17) is 5.11 Å². The minimum absolute atomic E-state index is 0.124. The molecule has 0 spiro atoms. The van der Waals surface area contributed by atoms with Gasteiger partial charge in [0.05, 0.1) is 18.8 Å². The van der Waals surface area contributed by atoms with Crippen molar-refractivity contribution in [2.24, 2.45) is 0 Å². The lowest BCUT2D eigenvalue weighted by Gasteiger charge is -2.17. The Labute approximate surface area is 130 Å². The fourth-order valence-corrected chi connectivity index (χ4v) is 2.28. The molecule has 0 aliphatic rings. The minimum atomic E-state index is -1.01. The zero-order valence-corrected chi connectivity index (χ0v) is 11.9. The van der Waals surface area contributed by atoms with Crippen LogP contribution in [0.15, 0.2) is 43.0 Å². The van der Waals surface area contributed by atoms with E-state index in [0.717, 1.165) is 0 Å². The molecule has 3 N–H and O–H groups in total. The predicted molar refractivity (Wildman–Crippen MR) is 80.6 cm³/mol. The molecule has 1 aromatic carbocycles. The lowest BCUT2D eigenvalue weighted by Crippen LogP contribution is -2.31. The van der Waals surface area contributed by atoms with Crippen LogP contribution in [0, 0.1) is 0 Å². The molecule has 23 heavy (non-hydrogen) atoms. The maximum Gasteiger partial charge on any atom is 0.305 e. The molecular formula is C15H13N5O3. The van der Waals surface area contributed by atoms with E-state index in [1.165, 1.54) is 12.7 Å². The fraction of sp³-hybridized carbons (Fsp3) is 0.133. The molecule has 0 unspecified atom stereocenters. The molecule has 0 saturated carbocycles. The van der Waals surface area contributed by atoms with E-state index < -0.39 is 17.9 Å². The molecule has 0 bridgehead atoms. The van der Waals surface area contributed by atoms with Crippen LogP contribution in [0.5, 0.6) is 0 Å². The summed E-state index contributed by atoms with van der Waals surface area (Å²) in [6.45, 7) is 0. The molecular weight excluding hydrogens is 298 g/mol. The predicted octanol–water partition coefficient (Wildman–Crippen LogP) is 1.30. The van der Waals surface area contributed by atoms with Crippen molar-refractivity contribution in [3.63, 3.8) is 0 Å². The molecule has 2 heterocycles.